The van der Waals surface area contributed by atoms with E-state index >= 15 is 0 Å². The van der Waals surface area contributed by atoms with Gasteiger partial charge in [-0.05, 0) is 55.7 Å². The highest BCUT2D eigenvalue weighted by molar-refractivity contribution is 5.92. The van der Waals surface area contributed by atoms with Gasteiger partial charge in [-0.2, -0.15) is 18.3 Å². The molecule has 0 spiro atoms. The number of aliphatic hydroxyl groups excluding tert-OH is 1. The zero-order valence-electron chi connectivity index (χ0n) is 19.7. The Hall–Kier alpha value is -4.32. The first-order valence-corrected chi connectivity index (χ1v) is 11.3. The van der Waals surface area contributed by atoms with Gasteiger partial charge in [-0.1, -0.05) is 12.1 Å². The molecule has 1 aromatic carbocycles. The molecule has 0 saturated carbocycles. The van der Waals surface area contributed by atoms with E-state index in [-0.39, 0.29) is 36.4 Å². The van der Waals surface area contributed by atoms with E-state index in [2.05, 4.69) is 20.4 Å². The molecule has 192 valence electrons. The number of carbonyl (C=O) groups excluding carboxylic acids is 2. The van der Waals surface area contributed by atoms with E-state index in [0.29, 0.717) is 22.6 Å². The molecular formula is C25H23F3N6O3. The van der Waals surface area contributed by atoms with Crippen LogP contribution in [0.4, 0.5) is 18.9 Å². The molecule has 4 aromatic rings. The Balaban J connectivity index is 1.56. The van der Waals surface area contributed by atoms with Crippen molar-refractivity contribution in [3.63, 3.8) is 0 Å². The summed E-state index contributed by atoms with van der Waals surface area (Å²) in [5.74, 6) is -1.13. The molecule has 3 heterocycles. The number of hydrogen-bond acceptors (Lipinski definition) is 6. The number of amides is 2. The second-order valence-corrected chi connectivity index (χ2v) is 8.43. The van der Waals surface area contributed by atoms with Crippen molar-refractivity contribution in [2.24, 2.45) is 5.73 Å². The third-order valence-corrected chi connectivity index (χ3v) is 5.69. The number of pyridine rings is 1. The van der Waals surface area contributed by atoms with Crippen molar-refractivity contribution < 1.29 is 27.9 Å². The molecule has 0 bridgehead atoms. The first-order valence-electron chi connectivity index (χ1n) is 11.3. The second kappa shape index (κ2) is 10.3. The van der Waals surface area contributed by atoms with E-state index in [0.717, 1.165) is 11.8 Å². The molecular weight excluding hydrogens is 489 g/mol. The molecule has 12 heteroatoms. The van der Waals surface area contributed by atoms with Crippen LogP contribution in [0.3, 0.4) is 0 Å². The van der Waals surface area contributed by atoms with Crippen LogP contribution in [0.1, 0.15) is 30.5 Å². The lowest BCUT2D eigenvalue weighted by molar-refractivity contribution is -0.140. The molecule has 3 aromatic heterocycles. The quantitative estimate of drug-likeness (QED) is 0.329. The summed E-state index contributed by atoms with van der Waals surface area (Å²) >= 11 is 0. The van der Waals surface area contributed by atoms with Gasteiger partial charge >= 0.3 is 6.18 Å². The normalized spacial score (nSPS) is 12.5. The van der Waals surface area contributed by atoms with Crippen LogP contribution in [0, 0.1) is 6.92 Å². The van der Waals surface area contributed by atoms with E-state index < -0.39 is 23.9 Å². The molecule has 0 aliphatic carbocycles. The van der Waals surface area contributed by atoms with Gasteiger partial charge in [-0.25, -0.2) is 9.50 Å². The average molecular weight is 512 g/mol. The number of primary amides is 1. The van der Waals surface area contributed by atoms with Gasteiger partial charge in [0.1, 0.15) is 6.10 Å². The molecule has 0 saturated heterocycles. The fraction of sp³-hybridized carbons (Fsp3) is 0.240. The van der Waals surface area contributed by atoms with Gasteiger partial charge in [-0.3, -0.25) is 14.6 Å². The van der Waals surface area contributed by atoms with Crippen molar-refractivity contribution in [3.05, 3.63) is 66.1 Å². The predicted octanol–water partition coefficient (Wildman–Crippen LogP) is 3.74. The summed E-state index contributed by atoms with van der Waals surface area (Å²) < 4.78 is 41.6. The number of aromatic nitrogens is 4. The van der Waals surface area contributed by atoms with Crippen molar-refractivity contribution in [3.8, 4) is 22.5 Å². The molecule has 0 aliphatic heterocycles. The minimum atomic E-state index is -4.63. The van der Waals surface area contributed by atoms with Crippen molar-refractivity contribution >= 4 is 23.1 Å². The van der Waals surface area contributed by atoms with Crippen LogP contribution in [-0.2, 0) is 15.8 Å². The Morgan fingerprint density at radius 1 is 1.16 bits per heavy atom. The number of aliphatic hydroxyl groups is 1. The number of rotatable bonds is 8. The highest BCUT2D eigenvalue weighted by Crippen LogP contribution is 2.34. The minimum absolute atomic E-state index is 0.0848. The standard InChI is InChI=1S/C25H23F3N6O3/c1-14-7-8-15(12-18(14)32-22(36)6-2-5-20(35)24(29)37)19-13-34-21(31-19)10-9-17(33-34)16-4-3-11-30-23(16)25(26,27)28/h3-4,7-13,20,35H,2,5-6H2,1H3,(H2,29,37)(H,32,36). The first-order chi connectivity index (χ1) is 17.5. The maximum absolute atomic E-state index is 13.4. The molecule has 1 unspecified atom stereocenters. The highest BCUT2D eigenvalue weighted by Gasteiger charge is 2.35. The Morgan fingerprint density at radius 2 is 1.95 bits per heavy atom. The summed E-state index contributed by atoms with van der Waals surface area (Å²) in [5.41, 5.74) is 6.88. The summed E-state index contributed by atoms with van der Waals surface area (Å²) in [7, 11) is 0. The van der Waals surface area contributed by atoms with Gasteiger partial charge < -0.3 is 16.2 Å². The van der Waals surface area contributed by atoms with Gasteiger partial charge in [-0.15, -0.1) is 0 Å². The number of nitrogens with one attached hydrogen (secondary N) is 1. The van der Waals surface area contributed by atoms with E-state index in [1.807, 2.05) is 6.92 Å². The second-order valence-electron chi connectivity index (χ2n) is 8.43. The molecule has 0 fully saturated rings. The Morgan fingerprint density at radius 3 is 2.68 bits per heavy atom. The van der Waals surface area contributed by atoms with E-state index in [4.69, 9.17) is 5.73 Å². The number of aryl methyl sites for hydroxylation is 1. The average Bonchev–Trinajstić information content (AvgIpc) is 3.28. The van der Waals surface area contributed by atoms with E-state index in [1.54, 1.807) is 30.5 Å². The minimum Gasteiger partial charge on any atom is -0.383 e. The van der Waals surface area contributed by atoms with Gasteiger partial charge in [0, 0.05) is 29.4 Å². The maximum atomic E-state index is 13.4. The SMILES string of the molecule is Cc1ccc(-c2cn3nc(-c4cccnc4C(F)(F)F)ccc3n2)cc1NC(=O)CCCC(O)C(N)=O. The zero-order chi connectivity index (χ0) is 26.7. The third-order valence-electron chi connectivity index (χ3n) is 5.69. The molecule has 1 atom stereocenters. The molecule has 0 aliphatic rings. The smallest absolute Gasteiger partial charge is 0.383 e. The number of nitrogens with two attached hydrogens (primary N) is 1. The monoisotopic (exact) mass is 512 g/mol. The van der Waals surface area contributed by atoms with Crippen molar-refractivity contribution in [1.29, 1.82) is 0 Å². The number of fused-ring (bicyclic) bond motifs is 1. The van der Waals surface area contributed by atoms with Gasteiger partial charge in [0.2, 0.25) is 11.8 Å². The van der Waals surface area contributed by atoms with E-state index in [1.165, 1.54) is 22.7 Å². The molecule has 0 radical (unpaired) electrons. The van der Waals surface area contributed by atoms with Crippen molar-refractivity contribution in [2.45, 2.75) is 38.5 Å². The fourth-order valence-electron chi connectivity index (χ4n) is 3.73. The molecule has 9 nitrogen and oxygen atoms in total. The van der Waals surface area contributed by atoms with Crippen LogP contribution in [0.25, 0.3) is 28.2 Å². The first kappa shape index (κ1) is 25.8. The zero-order valence-corrected chi connectivity index (χ0v) is 19.7. The number of alkyl halides is 3. The van der Waals surface area contributed by atoms with Gasteiger partial charge in [0.15, 0.2) is 11.3 Å². The Labute approximate surface area is 209 Å². The number of imidazole rings is 1. The number of carbonyl (C=O) groups is 2. The summed E-state index contributed by atoms with van der Waals surface area (Å²) in [5, 5.41) is 16.6. The largest absolute Gasteiger partial charge is 0.434 e. The van der Waals surface area contributed by atoms with Crippen LogP contribution >= 0.6 is 0 Å². The van der Waals surface area contributed by atoms with Crippen LogP contribution < -0.4 is 11.1 Å². The van der Waals surface area contributed by atoms with Gasteiger partial charge in [0.05, 0.1) is 17.6 Å². The Bertz CT molecular complexity index is 1470. The number of halogens is 3. The molecule has 4 N–H and O–H groups in total. The summed E-state index contributed by atoms with van der Waals surface area (Å²) in [6.45, 7) is 1.82. The van der Waals surface area contributed by atoms with Gasteiger partial charge in [0.25, 0.3) is 0 Å². The number of anilines is 1. The lowest BCUT2D eigenvalue weighted by atomic mass is 10.1. The highest BCUT2D eigenvalue weighted by atomic mass is 19.4. The summed E-state index contributed by atoms with van der Waals surface area (Å²) in [6.07, 6.45) is -2.80. The topological polar surface area (TPSA) is 136 Å². The van der Waals surface area contributed by atoms with Crippen molar-refractivity contribution in [1.82, 2.24) is 19.6 Å². The van der Waals surface area contributed by atoms with Crippen LogP contribution in [-0.4, -0.2) is 42.6 Å². The van der Waals surface area contributed by atoms with Crippen LogP contribution in [0.15, 0.2) is 54.9 Å². The lowest BCUT2D eigenvalue weighted by Crippen LogP contribution is -2.28. The maximum Gasteiger partial charge on any atom is 0.434 e. The number of nitrogens with zero attached hydrogens (tertiary/aromatic N) is 4. The Kier molecular flexibility index (Phi) is 7.21. The predicted molar refractivity (Wildman–Crippen MR) is 129 cm³/mol. The molecule has 2 amide bonds. The molecule has 4 rings (SSSR count). The number of hydrogen-bond donors (Lipinski definition) is 3. The molecule has 37 heavy (non-hydrogen) atoms. The summed E-state index contributed by atoms with van der Waals surface area (Å²) in [4.78, 5) is 31.2. The van der Waals surface area contributed by atoms with E-state index in [9.17, 15) is 27.9 Å². The lowest BCUT2D eigenvalue weighted by Gasteiger charge is -2.11. The fourth-order valence-corrected chi connectivity index (χ4v) is 3.73. The van der Waals surface area contributed by atoms with Crippen LogP contribution in [0.2, 0.25) is 0 Å². The van der Waals surface area contributed by atoms with Crippen LogP contribution in [0.5, 0.6) is 0 Å². The summed E-state index contributed by atoms with van der Waals surface area (Å²) in [6, 6.07) is 11.1. The third kappa shape index (κ3) is 5.92. The number of benzene rings is 1. The van der Waals surface area contributed by atoms with Crippen molar-refractivity contribution in [2.75, 3.05) is 5.32 Å².